The smallest absolute Gasteiger partial charge is 0.126 e. The second-order valence-electron chi connectivity index (χ2n) is 4.21. The number of rotatable bonds is 2. The molecule has 1 heterocycles. The topological polar surface area (TPSA) is 12.0 Å². The van der Waals surface area contributed by atoms with E-state index in [1.165, 1.54) is 24.8 Å². The van der Waals surface area contributed by atoms with Crippen LogP contribution in [0.15, 0.2) is 18.2 Å². The Morgan fingerprint density at radius 1 is 1.40 bits per heavy atom. The Morgan fingerprint density at radius 2 is 2.27 bits per heavy atom. The van der Waals surface area contributed by atoms with Crippen LogP contribution in [-0.2, 0) is 6.42 Å². The highest BCUT2D eigenvalue weighted by Crippen LogP contribution is 2.24. The largest absolute Gasteiger partial charge is 0.310 e. The average molecular weight is 207 g/mol. The summed E-state index contributed by atoms with van der Waals surface area (Å²) in [4.78, 5) is 0. The van der Waals surface area contributed by atoms with Crippen molar-refractivity contribution in [2.45, 2.75) is 38.6 Å². The molecule has 1 aliphatic rings. The molecule has 1 aromatic carbocycles. The van der Waals surface area contributed by atoms with Crippen LogP contribution in [0, 0.1) is 5.82 Å². The molecule has 0 aromatic heterocycles. The lowest BCUT2D eigenvalue weighted by atomic mass is 9.95. The van der Waals surface area contributed by atoms with Crippen molar-refractivity contribution in [2.24, 2.45) is 0 Å². The van der Waals surface area contributed by atoms with Crippen LogP contribution in [0.4, 0.5) is 4.39 Å². The van der Waals surface area contributed by atoms with Gasteiger partial charge in [-0.3, -0.25) is 0 Å². The van der Waals surface area contributed by atoms with Crippen LogP contribution >= 0.6 is 0 Å². The molecule has 15 heavy (non-hydrogen) atoms. The molecule has 1 fully saturated rings. The van der Waals surface area contributed by atoms with Gasteiger partial charge in [0.1, 0.15) is 5.82 Å². The predicted molar refractivity (Wildman–Crippen MR) is 60.4 cm³/mol. The molecule has 1 aromatic rings. The van der Waals surface area contributed by atoms with Gasteiger partial charge in [0.15, 0.2) is 0 Å². The summed E-state index contributed by atoms with van der Waals surface area (Å²) in [7, 11) is 0. The van der Waals surface area contributed by atoms with Crippen molar-refractivity contribution in [3.8, 4) is 0 Å². The Labute approximate surface area is 90.7 Å². The van der Waals surface area contributed by atoms with Crippen LogP contribution in [0.5, 0.6) is 0 Å². The molecule has 2 rings (SSSR count). The molecular formula is C13H18FN. The molecule has 2 heteroatoms. The van der Waals surface area contributed by atoms with Crippen LogP contribution < -0.4 is 5.32 Å². The molecular weight excluding hydrogens is 189 g/mol. The standard InChI is InChI=1S/C13H18FN/c1-2-10-9-11(6-7-12(10)14)13-5-3-4-8-15-13/h6-7,9,13,15H,2-5,8H2,1H3. The van der Waals surface area contributed by atoms with E-state index in [0.29, 0.717) is 6.04 Å². The van der Waals surface area contributed by atoms with Gasteiger partial charge in [0.2, 0.25) is 0 Å². The molecule has 0 aliphatic carbocycles. The Hall–Kier alpha value is -0.890. The minimum Gasteiger partial charge on any atom is -0.310 e. The molecule has 1 aliphatic heterocycles. The normalized spacial score (nSPS) is 21.6. The SMILES string of the molecule is CCc1cc(C2CCCCN2)ccc1F. The molecule has 0 amide bonds. The van der Waals surface area contributed by atoms with E-state index >= 15 is 0 Å². The van der Waals surface area contributed by atoms with Gasteiger partial charge < -0.3 is 5.32 Å². The lowest BCUT2D eigenvalue weighted by Crippen LogP contribution is -2.26. The van der Waals surface area contributed by atoms with Crippen LogP contribution in [-0.4, -0.2) is 6.54 Å². The zero-order chi connectivity index (χ0) is 10.7. The van der Waals surface area contributed by atoms with Gasteiger partial charge in [-0.05, 0) is 43.0 Å². The second kappa shape index (κ2) is 4.75. The van der Waals surface area contributed by atoms with Crippen molar-refractivity contribution in [2.75, 3.05) is 6.54 Å². The molecule has 0 spiro atoms. The third-order valence-electron chi connectivity index (χ3n) is 3.16. The summed E-state index contributed by atoms with van der Waals surface area (Å²) in [5.74, 6) is -0.0722. The van der Waals surface area contributed by atoms with Gasteiger partial charge in [0.05, 0.1) is 0 Å². The van der Waals surface area contributed by atoms with E-state index < -0.39 is 0 Å². The highest BCUT2D eigenvalue weighted by atomic mass is 19.1. The van der Waals surface area contributed by atoms with Crippen LogP contribution in [0.3, 0.4) is 0 Å². The van der Waals surface area contributed by atoms with E-state index in [4.69, 9.17) is 0 Å². The number of benzene rings is 1. The summed E-state index contributed by atoms with van der Waals surface area (Å²) in [6.45, 7) is 3.08. The van der Waals surface area contributed by atoms with E-state index in [1.54, 1.807) is 6.07 Å². The Morgan fingerprint density at radius 3 is 2.93 bits per heavy atom. The van der Waals surface area contributed by atoms with Crippen LogP contribution in [0.2, 0.25) is 0 Å². The number of piperidine rings is 1. The molecule has 1 nitrogen and oxygen atoms in total. The number of nitrogens with one attached hydrogen (secondary N) is 1. The summed E-state index contributed by atoms with van der Waals surface area (Å²) in [5, 5.41) is 3.48. The molecule has 1 N–H and O–H groups in total. The first-order valence-electron chi connectivity index (χ1n) is 5.83. The van der Waals surface area contributed by atoms with Crippen molar-refractivity contribution >= 4 is 0 Å². The third kappa shape index (κ3) is 2.37. The maximum atomic E-state index is 13.3. The first kappa shape index (κ1) is 10.6. The van der Waals surface area contributed by atoms with Gasteiger partial charge in [-0.25, -0.2) is 4.39 Å². The molecule has 1 saturated heterocycles. The van der Waals surface area contributed by atoms with E-state index in [0.717, 1.165) is 18.5 Å². The Kier molecular flexibility index (Phi) is 3.37. The summed E-state index contributed by atoms with van der Waals surface area (Å²) in [6.07, 6.45) is 4.48. The van der Waals surface area contributed by atoms with Gasteiger partial charge in [-0.1, -0.05) is 25.5 Å². The molecule has 82 valence electrons. The van der Waals surface area contributed by atoms with Gasteiger partial charge in [0, 0.05) is 6.04 Å². The van der Waals surface area contributed by atoms with E-state index in [2.05, 4.69) is 5.32 Å². The monoisotopic (exact) mass is 207 g/mol. The maximum Gasteiger partial charge on any atom is 0.126 e. The Bertz CT molecular complexity index is 329. The minimum absolute atomic E-state index is 0.0722. The summed E-state index contributed by atoms with van der Waals surface area (Å²) < 4.78 is 13.3. The highest BCUT2D eigenvalue weighted by molar-refractivity contribution is 5.27. The number of aryl methyl sites for hydroxylation is 1. The fraction of sp³-hybridized carbons (Fsp3) is 0.538. The van der Waals surface area contributed by atoms with E-state index in [-0.39, 0.29) is 5.82 Å². The lowest BCUT2D eigenvalue weighted by molar-refractivity contribution is 0.411. The third-order valence-corrected chi connectivity index (χ3v) is 3.16. The van der Waals surface area contributed by atoms with E-state index in [9.17, 15) is 4.39 Å². The fourth-order valence-corrected chi connectivity index (χ4v) is 2.22. The zero-order valence-corrected chi connectivity index (χ0v) is 9.22. The molecule has 0 saturated carbocycles. The van der Waals surface area contributed by atoms with Gasteiger partial charge in [0.25, 0.3) is 0 Å². The van der Waals surface area contributed by atoms with Crippen LogP contribution in [0.25, 0.3) is 0 Å². The van der Waals surface area contributed by atoms with Crippen molar-refractivity contribution in [3.05, 3.63) is 35.1 Å². The van der Waals surface area contributed by atoms with Crippen LogP contribution in [0.1, 0.15) is 43.4 Å². The number of hydrogen-bond donors (Lipinski definition) is 1. The number of hydrogen-bond acceptors (Lipinski definition) is 1. The van der Waals surface area contributed by atoms with Crippen molar-refractivity contribution in [1.82, 2.24) is 5.32 Å². The fourth-order valence-electron chi connectivity index (χ4n) is 2.22. The minimum atomic E-state index is -0.0722. The molecule has 0 bridgehead atoms. The molecule has 0 radical (unpaired) electrons. The lowest BCUT2D eigenvalue weighted by Gasteiger charge is -2.24. The average Bonchev–Trinajstić information content (AvgIpc) is 2.31. The number of halogens is 1. The first-order chi connectivity index (χ1) is 7.31. The first-order valence-corrected chi connectivity index (χ1v) is 5.83. The zero-order valence-electron chi connectivity index (χ0n) is 9.22. The van der Waals surface area contributed by atoms with E-state index in [1.807, 2.05) is 19.1 Å². The van der Waals surface area contributed by atoms with Gasteiger partial charge in [-0.2, -0.15) is 0 Å². The molecule has 1 unspecified atom stereocenters. The van der Waals surface area contributed by atoms with Crippen molar-refractivity contribution in [1.29, 1.82) is 0 Å². The van der Waals surface area contributed by atoms with Crippen molar-refractivity contribution in [3.63, 3.8) is 0 Å². The summed E-state index contributed by atoms with van der Waals surface area (Å²) in [5.41, 5.74) is 2.08. The maximum absolute atomic E-state index is 13.3. The summed E-state index contributed by atoms with van der Waals surface area (Å²) >= 11 is 0. The molecule has 1 atom stereocenters. The quantitative estimate of drug-likeness (QED) is 0.785. The predicted octanol–water partition coefficient (Wildman–Crippen LogP) is 3.20. The second-order valence-corrected chi connectivity index (χ2v) is 4.21. The van der Waals surface area contributed by atoms with Gasteiger partial charge >= 0.3 is 0 Å². The van der Waals surface area contributed by atoms with Crippen molar-refractivity contribution < 1.29 is 4.39 Å². The summed E-state index contributed by atoms with van der Waals surface area (Å²) in [6, 6.07) is 5.96. The highest BCUT2D eigenvalue weighted by Gasteiger charge is 2.15. The Balaban J connectivity index is 2.20. The van der Waals surface area contributed by atoms with Gasteiger partial charge in [-0.15, -0.1) is 0 Å².